The Morgan fingerprint density at radius 1 is 0.955 bits per heavy atom. The molecule has 0 saturated carbocycles. The number of hydrogen-bond acceptors (Lipinski definition) is 3. The van der Waals surface area contributed by atoms with Gasteiger partial charge in [0, 0.05) is 12.8 Å². The number of ketones is 1. The van der Waals surface area contributed by atoms with Crippen molar-refractivity contribution in [2.45, 2.75) is 96.9 Å². The molecule has 0 aromatic carbocycles. The zero-order valence-electron chi connectivity index (χ0n) is 14.5. The van der Waals surface area contributed by atoms with Crippen LogP contribution in [0.25, 0.3) is 0 Å². The van der Waals surface area contributed by atoms with Crippen molar-refractivity contribution in [2.24, 2.45) is 11.7 Å². The first-order valence-corrected chi connectivity index (χ1v) is 8.97. The minimum Gasteiger partial charge on any atom is -0.480 e. The van der Waals surface area contributed by atoms with E-state index < -0.39 is 12.0 Å². The van der Waals surface area contributed by atoms with Crippen molar-refractivity contribution >= 4 is 11.8 Å². The number of carboxylic acids is 1. The molecule has 0 heterocycles. The highest BCUT2D eigenvalue weighted by Crippen LogP contribution is 2.14. The lowest BCUT2D eigenvalue weighted by Crippen LogP contribution is -2.32. The molecule has 0 aliphatic carbocycles. The molecule has 0 spiro atoms. The van der Waals surface area contributed by atoms with Gasteiger partial charge in [-0.05, 0) is 18.8 Å². The number of carboxylic acid groups (broad SMARTS) is 1. The molecule has 130 valence electrons. The molecular weight excluding hydrogens is 278 g/mol. The molecule has 3 N–H and O–H groups in total. The summed E-state index contributed by atoms with van der Waals surface area (Å²) in [6, 6.07) is -0.851. The van der Waals surface area contributed by atoms with E-state index in [1.807, 2.05) is 6.92 Å². The van der Waals surface area contributed by atoms with E-state index in [0.717, 1.165) is 12.8 Å². The van der Waals surface area contributed by atoms with E-state index in [-0.39, 0.29) is 11.7 Å². The molecule has 0 saturated heterocycles. The number of Topliss-reactive ketones (excluding diaryl/α,β-unsaturated/α-hetero) is 1. The van der Waals surface area contributed by atoms with Crippen molar-refractivity contribution in [3.05, 3.63) is 0 Å². The molecule has 0 fully saturated rings. The van der Waals surface area contributed by atoms with E-state index in [2.05, 4.69) is 6.92 Å². The van der Waals surface area contributed by atoms with Crippen LogP contribution in [0.15, 0.2) is 0 Å². The van der Waals surface area contributed by atoms with Crippen LogP contribution in [0.3, 0.4) is 0 Å². The Bertz CT molecular complexity index is 305. The standard InChI is InChI=1S/C18H35NO3/c1-3-4-5-6-7-8-9-10-11-12-16(20)13-15(2)14-17(19)18(21)22/h15,17H,3-14,19H2,1-2H3,(H,21,22)/t15?,17-/m1/s1. The van der Waals surface area contributed by atoms with Gasteiger partial charge in [-0.2, -0.15) is 0 Å². The molecule has 4 heteroatoms. The van der Waals surface area contributed by atoms with Crippen LogP contribution in [0.1, 0.15) is 90.9 Å². The Morgan fingerprint density at radius 3 is 1.95 bits per heavy atom. The van der Waals surface area contributed by atoms with E-state index in [4.69, 9.17) is 10.8 Å². The summed E-state index contributed by atoms with van der Waals surface area (Å²) < 4.78 is 0. The first kappa shape index (κ1) is 21.1. The summed E-state index contributed by atoms with van der Waals surface area (Å²) in [5.74, 6) is -0.691. The van der Waals surface area contributed by atoms with Gasteiger partial charge < -0.3 is 10.8 Å². The summed E-state index contributed by atoms with van der Waals surface area (Å²) >= 11 is 0. The first-order chi connectivity index (χ1) is 10.5. The smallest absolute Gasteiger partial charge is 0.320 e. The van der Waals surface area contributed by atoms with Crippen LogP contribution in [0.5, 0.6) is 0 Å². The Balaban J connectivity index is 3.48. The lowest BCUT2D eigenvalue weighted by molar-refractivity contribution is -0.139. The van der Waals surface area contributed by atoms with E-state index >= 15 is 0 Å². The van der Waals surface area contributed by atoms with Crippen LogP contribution in [0.2, 0.25) is 0 Å². The summed E-state index contributed by atoms with van der Waals surface area (Å²) in [6.07, 6.45) is 12.7. The number of aliphatic carboxylic acids is 1. The third-order valence-corrected chi connectivity index (χ3v) is 4.11. The van der Waals surface area contributed by atoms with Crippen molar-refractivity contribution in [2.75, 3.05) is 0 Å². The summed E-state index contributed by atoms with van der Waals surface area (Å²) in [7, 11) is 0. The van der Waals surface area contributed by atoms with E-state index in [1.165, 1.54) is 44.9 Å². The van der Waals surface area contributed by atoms with Gasteiger partial charge in [0.05, 0.1) is 0 Å². The fraction of sp³-hybridized carbons (Fsp3) is 0.889. The van der Waals surface area contributed by atoms with Gasteiger partial charge >= 0.3 is 5.97 Å². The molecule has 0 bridgehead atoms. The van der Waals surface area contributed by atoms with Crippen LogP contribution < -0.4 is 5.73 Å². The van der Waals surface area contributed by atoms with E-state index in [9.17, 15) is 9.59 Å². The van der Waals surface area contributed by atoms with Gasteiger partial charge in [0.2, 0.25) is 0 Å². The monoisotopic (exact) mass is 313 g/mol. The Hall–Kier alpha value is -0.900. The van der Waals surface area contributed by atoms with Gasteiger partial charge in [-0.25, -0.2) is 0 Å². The largest absolute Gasteiger partial charge is 0.480 e. The quantitative estimate of drug-likeness (QED) is 0.442. The second-order valence-electron chi connectivity index (χ2n) is 6.61. The SMILES string of the molecule is CCCCCCCCCCCC(=O)CC(C)C[C@@H](N)C(=O)O. The van der Waals surface area contributed by atoms with E-state index in [0.29, 0.717) is 19.3 Å². The fourth-order valence-corrected chi connectivity index (χ4v) is 2.74. The number of rotatable bonds is 15. The molecule has 0 aliphatic heterocycles. The van der Waals surface area contributed by atoms with Crippen molar-refractivity contribution in [3.63, 3.8) is 0 Å². The van der Waals surface area contributed by atoms with Crippen LogP contribution >= 0.6 is 0 Å². The average Bonchev–Trinajstić information content (AvgIpc) is 2.45. The predicted molar refractivity (Wildman–Crippen MR) is 90.9 cm³/mol. The van der Waals surface area contributed by atoms with Gasteiger partial charge in [0.15, 0.2) is 0 Å². The Labute approximate surface area is 135 Å². The number of nitrogens with two attached hydrogens (primary N) is 1. The van der Waals surface area contributed by atoms with Crippen LogP contribution in [0.4, 0.5) is 0 Å². The molecule has 22 heavy (non-hydrogen) atoms. The zero-order chi connectivity index (χ0) is 16.8. The molecular formula is C18H35NO3. The zero-order valence-corrected chi connectivity index (χ0v) is 14.5. The van der Waals surface area contributed by atoms with Crippen LogP contribution in [0, 0.1) is 5.92 Å². The molecule has 0 aliphatic rings. The Kier molecular flexibility index (Phi) is 13.2. The van der Waals surface area contributed by atoms with Gasteiger partial charge in [-0.3, -0.25) is 9.59 Å². The molecule has 0 rings (SSSR count). The highest BCUT2D eigenvalue weighted by molar-refractivity contribution is 5.78. The van der Waals surface area contributed by atoms with Crippen molar-refractivity contribution in [1.82, 2.24) is 0 Å². The van der Waals surface area contributed by atoms with E-state index in [1.54, 1.807) is 0 Å². The third-order valence-electron chi connectivity index (χ3n) is 4.11. The number of unbranched alkanes of at least 4 members (excludes halogenated alkanes) is 8. The second-order valence-corrected chi connectivity index (χ2v) is 6.61. The molecule has 2 atom stereocenters. The van der Waals surface area contributed by atoms with Gasteiger partial charge in [-0.1, -0.05) is 65.2 Å². The lowest BCUT2D eigenvalue weighted by atomic mass is 9.94. The summed E-state index contributed by atoms with van der Waals surface area (Å²) in [5, 5.41) is 8.75. The number of carbonyl (C=O) groups is 2. The maximum Gasteiger partial charge on any atom is 0.320 e. The van der Waals surface area contributed by atoms with Crippen LogP contribution in [-0.4, -0.2) is 22.9 Å². The molecule has 1 unspecified atom stereocenters. The predicted octanol–water partition coefficient (Wildman–Crippen LogP) is 4.30. The number of carbonyl (C=O) groups excluding carboxylic acids is 1. The van der Waals surface area contributed by atoms with Crippen molar-refractivity contribution < 1.29 is 14.7 Å². The van der Waals surface area contributed by atoms with Crippen molar-refractivity contribution in [1.29, 1.82) is 0 Å². The van der Waals surface area contributed by atoms with Crippen LogP contribution in [-0.2, 0) is 9.59 Å². The number of hydrogen-bond donors (Lipinski definition) is 2. The average molecular weight is 313 g/mol. The summed E-state index contributed by atoms with van der Waals surface area (Å²) in [4.78, 5) is 22.5. The first-order valence-electron chi connectivity index (χ1n) is 8.97. The third kappa shape index (κ3) is 12.8. The lowest BCUT2D eigenvalue weighted by Gasteiger charge is -2.13. The molecule has 0 aromatic heterocycles. The molecule has 0 radical (unpaired) electrons. The highest BCUT2D eigenvalue weighted by atomic mass is 16.4. The Morgan fingerprint density at radius 2 is 1.45 bits per heavy atom. The van der Waals surface area contributed by atoms with Gasteiger partial charge in [0.1, 0.15) is 11.8 Å². The second kappa shape index (κ2) is 13.7. The maximum atomic E-state index is 11.8. The highest BCUT2D eigenvalue weighted by Gasteiger charge is 2.17. The minimum atomic E-state index is -0.988. The molecule has 0 aromatic rings. The normalized spacial score (nSPS) is 13.8. The fourth-order valence-electron chi connectivity index (χ4n) is 2.74. The topological polar surface area (TPSA) is 80.4 Å². The van der Waals surface area contributed by atoms with Gasteiger partial charge in [-0.15, -0.1) is 0 Å². The maximum absolute atomic E-state index is 11.8. The summed E-state index contributed by atoms with van der Waals surface area (Å²) in [5.41, 5.74) is 5.48. The summed E-state index contributed by atoms with van der Waals surface area (Å²) in [6.45, 7) is 4.13. The minimum absolute atomic E-state index is 0.0529. The van der Waals surface area contributed by atoms with Crippen molar-refractivity contribution in [3.8, 4) is 0 Å². The van der Waals surface area contributed by atoms with Gasteiger partial charge in [0.25, 0.3) is 0 Å². The molecule has 0 amide bonds. The molecule has 4 nitrogen and oxygen atoms in total.